The monoisotopic (exact) mass is 278 g/mol. The zero-order chi connectivity index (χ0) is 13.0. The molecular weight excluding hydrogens is 264 g/mol. The van der Waals surface area contributed by atoms with Gasteiger partial charge in [0.15, 0.2) is 0 Å². The largest absolute Gasteiger partial charge is 0.494 e. The Bertz CT molecular complexity index is 534. The van der Waals surface area contributed by atoms with Crippen molar-refractivity contribution in [2.45, 2.75) is 13.3 Å². The summed E-state index contributed by atoms with van der Waals surface area (Å²) in [6, 6.07) is 7.89. The molecule has 0 fully saturated rings. The molecule has 0 atom stereocenters. The zero-order valence-corrected chi connectivity index (χ0v) is 11.7. The highest BCUT2D eigenvalue weighted by molar-refractivity contribution is 7.81. The minimum atomic E-state index is 0.390. The van der Waals surface area contributed by atoms with Gasteiger partial charge in [-0.2, -0.15) is 0 Å². The fraction of sp³-hybridized carbons (Fsp3) is 0.231. The van der Waals surface area contributed by atoms with E-state index in [1.807, 2.05) is 24.3 Å². The van der Waals surface area contributed by atoms with E-state index in [9.17, 15) is 0 Å². The molecule has 2 N–H and O–H groups in total. The second kappa shape index (κ2) is 5.93. The Hall–Kier alpha value is -1.46. The lowest BCUT2D eigenvalue weighted by atomic mass is 10.2. The molecule has 94 valence electrons. The molecule has 18 heavy (non-hydrogen) atoms. The lowest BCUT2D eigenvalue weighted by Crippen LogP contribution is -2.06. The first-order valence-electron chi connectivity index (χ1n) is 5.69. The number of benzene rings is 1. The molecule has 0 saturated heterocycles. The van der Waals surface area contributed by atoms with Crippen LogP contribution >= 0.6 is 23.6 Å². The SMILES string of the molecule is CCCOc1ccc(-c2ncc(C(N)=S)s2)cc1. The topological polar surface area (TPSA) is 48.1 Å². The Labute approximate surface area is 116 Å². The highest BCUT2D eigenvalue weighted by Gasteiger charge is 2.06. The highest BCUT2D eigenvalue weighted by Crippen LogP contribution is 2.26. The van der Waals surface area contributed by atoms with Crippen LogP contribution in [0.1, 0.15) is 18.2 Å². The van der Waals surface area contributed by atoms with Crippen LogP contribution in [-0.4, -0.2) is 16.6 Å². The van der Waals surface area contributed by atoms with Crippen LogP contribution < -0.4 is 10.5 Å². The Morgan fingerprint density at radius 3 is 2.67 bits per heavy atom. The molecule has 3 nitrogen and oxygen atoms in total. The van der Waals surface area contributed by atoms with Crippen molar-refractivity contribution >= 4 is 28.5 Å². The molecule has 0 saturated carbocycles. The van der Waals surface area contributed by atoms with Crippen molar-refractivity contribution in [1.82, 2.24) is 4.98 Å². The first-order chi connectivity index (χ1) is 8.70. The number of nitrogens with two attached hydrogens (primary N) is 1. The van der Waals surface area contributed by atoms with Gasteiger partial charge in [0.1, 0.15) is 15.7 Å². The standard InChI is InChI=1S/C13H14N2OS2/c1-2-7-16-10-5-3-9(4-6-10)13-15-8-11(18-13)12(14)17/h3-6,8H,2,7H2,1H3,(H2,14,17). The van der Waals surface area contributed by atoms with Gasteiger partial charge in [-0.3, -0.25) is 0 Å². The first kappa shape index (κ1) is 13.0. The fourth-order valence-electron chi connectivity index (χ4n) is 1.44. The van der Waals surface area contributed by atoms with Gasteiger partial charge in [-0.05, 0) is 30.7 Å². The molecule has 0 aliphatic carbocycles. The second-order valence-corrected chi connectivity index (χ2v) is 5.24. The van der Waals surface area contributed by atoms with Crippen molar-refractivity contribution in [3.8, 4) is 16.3 Å². The van der Waals surface area contributed by atoms with Crippen molar-refractivity contribution in [1.29, 1.82) is 0 Å². The number of ether oxygens (including phenoxy) is 1. The molecule has 1 heterocycles. The number of hydrogen-bond acceptors (Lipinski definition) is 4. The van der Waals surface area contributed by atoms with E-state index in [1.54, 1.807) is 6.20 Å². The van der Waals surface area contributed by atoms with Crippen molar-refractivity contribution in [2.24, 2.45) is 5.73 Å². The fourth-order valence-corrected chi connectivity index (χ4v) is 2.39. The summed E-state index contributed by atoms with van der Waals surface area (Å²) in [7, 11) is 0. The maximum absolute atomic E-state index is 5.57. The normalized spacial score (nSPS) is 10.3. The van der Waals surface area contributed by atoms with E-state index in [0.717, 1.165) is 34.2 Å². The van der Waals surface area contributed by atoms with Gasteiger partial charge >= 0.3 is 0 Å². The first-order valence-corrected chi connectivity index (χ1v) is 6.92. The van der Waals surface area contributed by atoms with Crippen LogP contribution in [0, 0.1) is 0 Å². The second-order valence-electron chi connectivity index (χ2n) is 3.77. The van der Waals surface area contributed by atoms with E-state index >= 15 is 0 Å². The van der Waals surface area contributed by atoms with Crippen molar-refractivity contribution in [3.63, 3.8) is 0 Å². The average Bonchev–Trinajstić information content (AvgIpc) is 2.87. The van der Waals surface area contributed by atoms with Crippen molar-refractivity contribution < 1.29 is 4.74 Å². The molecule has 0 unspecified atom stereocenters. The molecule has 2 rings (SSSR count). The Morgan fingerprint density at radius 1 is 1.39 bits per heavy atom. The summed E-state index contributed by atoms with van der Waals surface area (Å²) in [6.07, 6.45) is 2.72. The van der Waals surface area contributed by atoms with Crippen LogP contribution in [0.2, 0.25) is 0 Å². The maximum Gasteiger partial charge on any atom is 0.123 e. The number of aromatic nitrogens is 1. The third-order valence-corrected chi connectivity index (χ3v) is 3.75. The lowest BCUT2D eigenvalue weighted by Gasteiger charge is -2.04. The molecule has 0 bridgehead atoms. The summed E-state index contributed by atoms with van der Waals surface area (Å²) < 4.78 is 5.53. The van der Waals surface area contributed by atoms with Crippen molar-refractivity contribution in [2.75, 3.05) is 6.61 Å². The van der Waals surface area contributed by atoms with Gasteiger partial charge < -0.3 is 10.5 Å². The van der Waals surface area contributed by atoms with Crippen LogP contribution in [0.5, 0.6) is 5.75 Å². The van der Waals surface area contributed by atoms with E-state index in [4.69, 9.17) is 22.7 Å². The van der Waals surface area contributed by atoms with Crippen LogP contribution in [0.15, 0.2) is 30.5 Å². The van der Waals surface area contributed by atoms with Crippen LogP contribution in [0.3, 0.4) is 0 Å². The van der Waals surface area contributed by atoms with Gasteiger partial charge in [-0.15, -0.1) is 11.3 Å². The summed E-state index contributed by atoms with van der Waals surface area (Å²) >= 11 is 6.42. The van der Waals surface area contributed by atoms with Crippen molar-refractivity contribution in [3.05, 3.63) is 35.3 Å². The molecule has 1 aromatic heterocycles. The number of hydrogen-bond donors (Lipinski definition) is 1. The molecule has 2 aromatic rings. The minimum Gasteiger partial charge on any atom is -0.494 e. The summed E-state index contributed by atoms with van der Waals surface area (Å²) in [6.45, 7) is 2.82. The smallest absolute Gasteiger partial charge is 0.123 e. The lowest BCUT2D eigenvalue weighted by molar-refractivity contribution is 0.317. The number of nitrogens with zero attached hydrogens (tertiary/aromatic N) is 1. The Morgan fingerprint density at radius 2 is 2.11 bits per heavy atom. The maximum atomic E-state index is 5.57. The molecule has 0 aliphatic rings. The van der Waals surface area contributed by atoms with E-state index in [-0.39, 0.29) is 0 Å². The minimum absolute atomic E-state index is 0.390. The summed E-state index contributed by atoms with van der Waals surface area (Å²) in [5, 5.41) is 0.917. The summed E-state index contributed by atoms with van der Waals surface area (Å²) in [5.74, 6) is 0.881. The predicted octanol–water partition coefficient (Wildman–Crippen LogP) is 3.23. The summed E-state index contributed by atoms with van der Waals surface area (Å²) in [4.78, 5) is 5.54. The van der Waals surface area contributed by atoms with Gasteiger partial charge in [-0.1, -0.05) is 19.1 Å². The van der Waals surface area contributed by atoms with Crippen LogP contribution in [-0.2, 0) is 0 Å². The van der Waals surface area contributed by atoms with Gasteiger partial charge in [0, 0.05) is 11.8 Å². The molecule has 1 aromatic carbocycles. The Balaban J connectivity index is 2.15. The average molecular weight is 278 g/mol. The van der Waals surface area contributed by atoms with E-state index in [1.165, 1.54) is 11.3 Å². The zero-order valence-electron chi connectivity index (χ0n) is 10.1. The van der Waals surface area contributed by atoms with Gasteiger partial charge in [-0.25, -0.2) is 4.98 Å². The van der Waals surface area contributed by atoms with Crippen LogP contribution in [0.25, 0.3) is 10.6 Å². The van der Waals surface area contributed by atoms with Gasteiger partial charge in [0.25, 0.3) is 0 Å². The predicted molar refractivity (Wildman–Crippen MR) is 79.2 cm³/mol. The third kappa shape index (κ3) is 3.05. The molecule has 0 amide bonds. The van der Waals surface area contributed by atoms with Gasteiger partial charge in [0.2, 0.25) is 0 Å². The Kier molecular flexibility index (Phi) is 4.28. The molecule has 0 aliphatic heterocycles. The molecule has 0 radical (unpaired) electrons. The van der Waals surface area contributed by atoms with E-state index in [2.05, 4.69) is 11.9 Å². The molecule has 5 heteroatoms. The third-order valence-electron chi connectivity index (χ3n) is 2.32. The molecular formula is C13H14N2OS2. The van der Waals surface area contributed by atoms with Gasteiger partial charge in [0.05, 0.1) is 11.5 Å². The van der Waals surface area contributed by atoms with E-state index < -0.39 is 0 Å². The highest BCUT2D eigenvalue weighted by atomic mass is 32.1. The number of thiocarbonyl (C=S) groups is 1. The van der Waals surface area contributed by atoms with E-state index in [0.29, 0.717) is 4.99 Å². The number of thiazole rings is 1. The quantitative estimate of drug-likeness (QED) is 0.853. The number of rotatable bonds is 5. The molecule has 0 spiro atoms. The van der Waals surface area contributed by atoms with Crippen LogP contribution in [0.4, 0.5) is 0 Å². The summed E-state index contributed by atoms with van der Waals surface area (Å²) in [5.41, 5.74) is 6.61.